The summed E-state index contributed by atoms with van der Waals surface area (Å²) in [4.78, 5) is 0. The van der Waals surface area contributed by atoms with Gasteiger partial charge in [0, 0.05) is 12.2 Å². The fourth-order valence-electron chi connectivity index (χ4n) is 2.40. The molecular weight excluding hydrogens is 246 g/mol. The van der Waals surface area contributed by atoms with Crippen molar-refractivity contribution in [2.75, 3.05) is 19.0 Å². The Kier molecular flexibility index (Phi) is 5.05. The first-order chi connectivity index (χ1) is 9.74. The Bertz CT molecular complexity index is 546. The summed E-state index contributed by atoms with van der Waals surface area (Å²) in [5, 5.41) is 3.58. The normalized spacial score (nSPS) is 10.3. The Morgan fingerprint density at radius 3 is 2.45 bits per heavy atom. The second-order valence-electron chi connectivity index (χ2n) is 4.99. The molecule has 0 aromatic heterocycles. The Balaban J connectivity index is 1.95. The molecule has 0 bridgehead atoms. The van der Waals surface area contributed by atoms with Gasteiger partial charge >= 0.3 is 0 Å². The zero-order valence-electron chi connectivity index (χ0n) is 12.6. The molecule has 2 aromatic carbocycles. The van der Waals surface area contributed by atoms with Gasteiger partial charge in [-0.05, 0) is 48.6 Å². The van der Waals surface area contributed by atoms with Gasteiger partial charge in [0.25, 0.3) is 0 Å². The number of hydrogen-bond acceptors (Lipinski definition) is 2. The number of nitrogens with one attached hydrogen (secondary N) is 1. The van der Waals surface area contributed by atoms with Crippen molar-refractivity contribution in [2.24, 2.45) is 0 Å². The molecule has 2 heteroatoms. The van der Waals surface area contributed by atoms with Crippen LogP contribution in [0, 0.1) is 6.92 Å². The Morgan fingerprint density at radius 2 is 1.80 bits per heavy atom. The zero-order chi connectivity index (χ0) is 14.4. The molecule has 1 N–H and O–H groups in total. The molecule has 0 saturated heterocycles. The summed E-state index contributed by atoms with van der Waals surface area (Å²) in [6.45, 7) is 5.31. The second-order valence-corrected chi connectivity index (χ2v) is 4.99. The third-order valence-corrected chi connectivity index (χ3v) is 3.61. The van der Waals surface area contributed by atoms with Gasteiger partial charge in [-0.15, -0.1) is 0 Å². The van der Waals surface area contributed by atoms with Gasteiger partial charge in [0.15, 0.2) is 0 Å². The Hall–Kier alpha value is -1.96. The van der Waals surface area contributed by atoms with Crippen LogP contribution < -0.4 is 10.1 Å². The first kappa shape index (κ1) is 14.4. The van der Waals surface area contributed by atoms with E-state index in [1.165, 1.54) is 22.4 Å². The molecule has 0 aliphatic heterocycles. The molecule has 0 aliphatic rings. The Labute approximate surface area is 121 Å². The smallest absolute Gasteiger partial charge is 0.118 e. The van der Waals surface area contributed by atoms with Crippen LogP contribution in [0.1, 0.15) is 23.6 Å². The topological polar surface area (TPSA) is 21.3 Å². The van der Waals surface area contributed by atoms with Crippen molar-refractivity contribution in [3.05, 3.63) is 59.2 Å². The lowest BCUT2D eigenvalue weighted by Gasteiger charge is -2.14. The van der Waals surface area contributed by atoms with E-state index in [1.54, 1.807) is 7.11 Å². The highest BCUT2D eigenvalue weighted by Gasteiger charge is 2.03. The number of hydrogen-bond donors (Lipinski definition) is 1. The average Bonchev–Trinajstić information content (AvgIpc) is 2.49. The summed E-state index contributed by atoms with van der Waals surface area (Å²) < 4.78 is 5.17. The quantitative estimate of drug-likeness (QED) is 0.847. The largest absolute Gasteiger partial charge is 0.497 e. The molecule has 0 saturated carbocycles. The van der Waals surface area contributed by atoms with E-state index in [2.05, 4.69) is 49.5 Å². The van der Waals surface area contributed by atoms with Gasteiger partial charge < -0.3 is 10.1 Å². The number of benzene rings is 2. The van der Waals surface area contributed by atoms with Gasteiger partial charge in [-0.2, -0.15) is 0 Å². The fourth-order valence-corrected chi connectivity index (χ4v) is 2.40. The summed E-state index contributed by atoms with van der Waals surface area (Å²) in [6, 6.07) is 14.8. The first-order valence-electron chi connectivity index (χ1n) is 7.20. The molecule has 0 aliphatic carbocycles. The molecule has 20 heavy (non-hydrogen) atoms. The predicted octanol–water partition coefficient (Wildman–Crippen LogP) is 4.22. The van der Waals surface area contributed by atoms with Gasteiger partial charge in [-0.25, -0.2) is 0 Å². The molecular formula is C18H23NO. The summed E-state index contributed by atoms with van der Waals surface area (Å²) in [5.74, 6) is 0.911. The number of methoxy groups -OCH3 is 1. The van der Waals surface area contributed by atoms with Crippen LogP contribution >= 0.6 is 0 Å². The highest BCUT2D eigenvalue weighted by Crippen LogP contribution is 2.21. The minimum Gasteiger partial charge on any atom is -0.497 e. The van der Waals surface area contributed by atoms with Crippen molar-refractivity contribution in [1.29, 1.82) is 0 Å². The average molecular weight is 269 g/mol. The Morgan fingerprint density at radius 1 is 1.05 bits per heavy atom. The summed E-state index contributed by atoms with van der Waals surface area (Å²) in [7, 11) is 1.70. The second kappa shape index (κ2) is 6.99. The van der Waals surface area contributed by atoms with Crippen LogP contribution in [-0.4, -0.2) is 13.7 Å². The van der Waals surface area contributed by atoms with E-state index in [1.807, 2.05) is 12.1 Å². The van der Waals surface area contributed by atoms with Crippen molar-refractivity contribution < 1.29 is 4.74 Å². The molecule has 106 valence electrons. The number of para-hydroxylation sites is 1. The minimum absolute atomic E-state index is 0.911. The number of aryl methyl sites for hydroxylation is 2. The van der Waals surface area contributed by atoms with Crippen LogP contribution in [0.15, 0.2) is 42.5 Å². The third kappa shape index (κ3) is 3.53. The van der Waals surface area contributed by atoms with Gasteiger partial charge in [-0.3, -0.25) is 0 Å². The molecule has 0 amide bonds. The predicted molar refractivity (Wildman–Crippen MR) is 85.7 cm³/mol. The van der Waals surface area contributed by atoms with Crippen LogP contribution in [0.3, 0.4) is 0 Å². The number of rotatable bonds is 6. The maximum atomic E-state index is 5.17. The lowest BCUT2D eigenvalue weighted by atomic mass is 10.1. The maximum absolute atomic E-state index is 5.17. The highest BCUT2D eigenvalue weighted by molar-refractivity contribution is 5.57. The van der Waals surface area contributed by atoms with Crippen molar-refractivity contribution >= 4 is 5.69 Å². The third-order valence-electron chi connectivity index (χ3n) is 3.61. The maximum Gasteiger partial charge on any atom is 0.118 e. The van der Waals surface area contributed by atoms with Gasteiger partial charge in [-0.1, -0.05) is 37.3 Å². The number of anilines is 1. The first-order valence-corrected chi connectivity index (χ1v) is 7.20. The molecule has 0 atom stereocenters. The molecule has 2 rings (SSSR count). The van der Waals surface area contributed by atoms with E-state index in [-0.39, 0.29) is 0 Å². The molecule has 0 radical (unpaired) electrons. The summed E-state index contributed by atoms with van der Waals surface area (Å²) in [5.41, 5.74) is 5.33. The van der Waals surface area contributed by atoms with Crippen molar-refractivity contribution in [3.63, 3.8) is 0 Å². The van der Waals surface area contributed by atoms with Crippen molar-refractivity contribution in [3.8, 4) is 5.75 Å². The van der Waals surface area contributed by atoms with Crippen LogP contribution in [0.2, 0.25) is 0 Å². The van der Waals surface area contributed by atoms with E-state index < -0.39 is 0 Å². The van der Waals surface area contributed by atoms with E-state index in [9.17, 15) is 0 Å². The van der Waals surface area contributed by atoms with E-state index in [0.717, 1.165) is 25.1 Å². The van der Waals surface area contributed by atoms with Gasteiger partial charge in [0.05, 0.1) is 7.11 Å². The van der Waals surface area contributed by atoms with Crippen molar-refractivity contribution in [1.82, 2.24) is 0 Å². The van der Waals surface area contributed by atoms with E-state index in [0.29, 0.717) is 0 Å². The molecule has 0 spiro atoms. The van der Waals surface area contributed by atoms with Crippen molar-refractivity contribution in [2.45, 2.75) is 26.7 Å². The lowest BCUT2D eigenvalue weighted by Crippen LogP contribution is -2.08. The summed E-state index contributed by atoms with van der Waals surface area (Å²) >= 11 is 0. The van der Waals surface area contributed by atoms with E-state index in [4.69, 9.17) is 4.74 Å². The highest BCUT2D eigenvalue weighted by atomic mass is 16.5. The van der Waals surface area contributed by atoms with Crippen LogP contribution in [0.25, 0.3) is 0 Å². The van der Waals surface area contributed by atoms with Gasteiger partial charge in [0.1, 0.15) is 5.75 Å². The monoisotopic (exact) mass is 269 g/mol. The standard InChI is InChI=1S/C18H23NO/c1-4-16-7-5-6-14(2)18(16)19-13-12-15-8-10-17(20-3)11-9-15/h5-11,19H,4,12-13H2,1-3H3. The molecule has 0 heterocycles. The SMILES string of the molecule is CCc1cccc(C)c1NCCc1ccc(OC)cc1. The van der Waals surface area contributed by atoms with Gasteiger partial charge in [0.2, 0.25) is 0 Å². The minimum atomic E-state index is 0.911. The van der Waals surface area contributed by atoms with Crippen LogP contribution in [0.5, 0.6) is 5.75 Å². The lowest BCUT2D eigenvalue weighted by molar-refractivity contribution is 0.414. The van der Waals surface area contributed by atoms with E-state index >= 15 is 0 Å². The summed E-state index contributed by atoms with van der Waals surface area (Å²) in [6.07, 6.45) is 2.08. The number of ether oxygens (including phenoxy) is 1. The molecule has 0 fully saturated rings. The molecule has 0 unspecified atom stereocenters. The van der Waals surface area contributed by atoms with Crippen LogP contribution in [-0.2, 0) is 12.8 Å². The molecule has 2 aromatic rings. The van der Waals surface area contributed by atoms with Crippen LogP contribution in [0.4, 0.5) is 5.69 Å². The zero-order valence-corrected chi connectivity index (χ0v) is 12.6. The fraction of sp³-hybridized carbons (Fsp3) is 0.333. The molecule has 2 nitrogen and oxygen atoms in total.